The molecule has 1 saturated heterocycles. The zero-order valence-electron chi connectivity index (χ0n) is 14.0. The molecule has 3 amide bonds. The SMILES string of the molecule is CCCN1CCOC(CC(=O)Nc2ccc(NC(C)=O)cc2)C1=O. The Labute approximate surface area is 141 Å². The van der Waals surface area contributed by atoms with Crippen LogP contribution < -0.4 is 10.6 Å². The minimum Gasteiger partial charge on any atom is -0.366 e. The van der Waals surface area contributed by atoms with E-state index in [1.165, 1.54) is 6.92 Å². The maximum atomic E-state index is 12.2. The molecule has 0 saturated carbocycles. The van der Waals surface area contributed by atoms with Crippen molar-refractivity contribution in [3.63, 3.8) is 0 Å². The molecule has 1 aliphatic rings. The van der Waals surface area contributed by atoms with Gasteiger partial charge in [-0.15, -0.1) is 0 Å². The number of morpholine rings is 1. The van der Waals surface area contributed by atoms with E-state index in [1.807, 2.05) is 6.92 Å². The van der Waals surface area contributed by atoms with E-state index in [4.69, 9.17) is 4.74 Å². The van der Waals surface area contributed by atoms with Gasteiger partial charge in [-0.05, 0) is 30.7 Å². The lowest BCUT2D eigenvalue weighted by atomic mass is 10.1. The van der Waals surface area contributed by atoms with Gasteiger partial charge in [0.15, 0.2) is 0 Å². The summed E-state index contributed by atoms with van der Waals surface area (Å²) in [5, 5.41) is 5.39. The minimum absolute atomic E-state index is 0.00745. The molecular weight excluding hydrogens is 310 g/mol. The third kappa shape index (κ3) is 5.06. The fourth-order valence-corrected chi connectivity index (χ4v) is 2.55. The molecule has 0 radical (unpaired) electrons. The van der Waals surface area contributed by atoms with Crippen LogP contribution in [0, 0.1) is 0 Å². The summed E-state index contributed by atoms with van der Waals surface area (Å²) < 4.78 is 5.44. The van der Waals surface area contributed by atoms with Crippen LogP contribution in [0.5, 0.6) is 0 Å². The van der Waals surface area contributed by atoms with Crippen LogP contribution in [0.3, 0.4) is 0 Å². The topological polar surface area (TPSA) is 87.7 Å². The predicted molar refractivity (Wildman–Crippen MR) is 90.6 cm³/mol. The Bertz CT molecular complexity index is 598. The maximum absolute atomic E-state index is 12.2. The van der Waals surface area contributed by atoms with Crippen molar-refractivity contribution in [1.82, 2.24) is 4.90 Å². The third-order valence-electron chi connectivity index (χ3n) is 3.62. The van der Waals surface area contributed by atoms with Gasteiger partial charge < -0.3 is 20.3 Å². The molecule has 130 valence electrons. The Morgan fingerprint density at radius 3 is 2.42 bits per heavy atom. The van der Waals surface area contributed by atoms with Crippen molar-refractivity contribution in [2.24, 2.45) is 0 Å². The molecule has 0 aromatic heterocycles. The summed E-state index contributed by atoms with van der Waals surface area (Å²) in [4.78, 5) is 37.1. The number of amides is 3. The Morgan fingerprint density at radius 1 is 1.21 bits per heavy atom. The van der Waals surface area contributed by atoms with Crippen LogP contribution in [-0.2, 0) is 19.1 Å². The standard InChI is InChI=1S/C17H23N3O4/c1-3-8-20-9-10-24-15(17(20)23)11-16(22)19-14-6-4-13(5-7-14)18-12(2)21/h4-7,15H,3,8-11H2,1-2H3,(H,18,21)(H,19,22). The van der Waals surface area contributed by atoms with Crippen molar-refractivity contribution in [3.05, 3.63) is 24.3 Å². The van der Waals surface area contributed by atoms with Crippen molar-refractivity contribution >= 4 is 29.1 Å². The zero-order chi connectivity index (χ0) is 17.5. The van der Waals surface area contributed by atoms with Gasteiger partial charge in [0.2, 0.25) is 11.8 Å². The average Bonchev–Trinajstić information content (AvgIpc) is 2.53. The van der Waals surface area contributed by atoms with Gasteiger partial charge in [0.25, 0.3) is 5.91 Å². The van der Waals surface area contributed by atoms with Gasteiger partial charge in [-0.1, -0.05) is 6.92 Å². The summed E-state index contributed by atoms with van der Waals surface area (Å²) in [5.41, 5.74) is 1.25. The highest BCUT2D eigenvalue weighted by molar-refractivity contribution is 5.95. The fraction of sp³-hybridized carbons (Fsp3) is 0.471. The van der Waals surface area contributed by atoms with E-state index in [2.05, 4.69) is 10.6 Å². The van der Waals surface area contributed by atoms with Crippen LogP contribution >= 0.6 is 0 Å². The van der Waals surface area contributed by atoms with Gasteiger partial charge in [0.1, 0.15) is 6.10 Å². The van der Waals surface area contributed by atoms with Gasteiger partial charge in [-0.25, -0.2) is 0 Å². The van der Waals surface area contributed by atoms with Gasteiger partial charge in [-0.3, -0.25) is 14.4 Å². The van der Waals surface area contributed by atoms with Gasteiger partial charge in [0.05, 0.1) is 13.0 Å². The van der Waals surface area contributed by atoms with E-state index in [1.54, 1.807) is 29.2 Å². The smallest absolute Gasteiger partial charge is 0.252 e. The molecule has 0 bridgehead atoms. The van der Waals surface area contributed by atoms with Crippen LogP contribution in [0.25, 0.3) is 0 Å². The lowest BCUT2D eigenvalue weighted by Crippen LogP contribution is -2.49. The molecule has 1 heterocycles. The van der Waals surface area contributed by atoms with Crippen LogP contribution in [0.15, 0.2) is 24.3 Å². The maximum Gasteiger partial charge on any atom is 0.252 e. The first-order chi connectivity index (χ1) is 11.5. The normalized spacial score (nSPS) is 17.5. The van der Waals surface area contributed by atoms with Crippen molar-refractivity contribution in [1.29, 1.82) is 0 Å². The molecule has 1 atom stereocenters. The van der Waals surface area contributed by atoms with Gasteiger partial charge in [-0.2, -0.15) is 0 Å². The number of nitrogens with zero attached hydrogens (tertiary/aromatic N) is 1. The number of carbonyl (C=O) groups is 3. The molecule has 1 fully saturated rings. The summed E-state index contributed by atoms with van der Waals surface area (Å²) in [6, 6.07) is 6.77. The summed E-state index contributed by atoms with van der Waals surface area (Å²) in [5.74, 6) is -0.561. The third-order valence-corrected chi connectivity index (χ3v) is 3.62. The molecular formula is C17H23N3O4. The minimum atomic E-state index is -0.719. The highest BCUT2D eigenvalue weighted by Crippen LogP contribution is 2.16. The van der Waals surface area contributed by atoms with Crippen LogP contribution in [0.1, 0.15) is 26.7 Å². The second kappa shape index (κ2) is 8.44. The number of anilines is 2. The first kappa shape index (κ1) is 17.9. The van der Waals surface area contributed by atoms with Gasteiger partial charge >= 0.3 is 0 Å². The summed E-state index contributed by atoms with van der Waals surface area (Å²) >= 11 is 0. The van der Waals surface area contributed by atoms with E-state index in [0.717, 1.165) is 6.42 Å². The molecule has 24 heavy (non-hydrogen) atoms. The predicted octanol–water partition coefficient (Wildman–Crippen LogP) is 1.61. The van der Waals surface area contributed by atoms with Gasteiger partial charge in [0, 0.05) is 31.4 Å². The van der Waals surface area contributed by atoms with Crippen LogP contribution in [0.2, 0.25) is 0 Å². The summed E-state index contributed by atoms with van der Waals surface area (Å²) in [6.07, 6.45) is 0.154. The fourth-order valence-electron chi connectivity index (χ4n) is 2.55. The Kier molecular flexibility index (Phi) is 6.31. The van der Waals surface area contributed by atoms with E-state index in [0.29, 0.717) is 31.1 Å². The second-order valence-electron chi connectivity index (χ2n) is 5.70. The quantitative estimate of drug-likeness (QED) is 0.828. The molecule has 2 rings (SSSR count). The average molecular weight is 333 g/mol. The van der Waals surface area contributed by atoms with Crippen LogP contribution in [-0.4, -0.2) is 48.4 Å². The van der Waals surface area contributed by atoms with E-state index in [9.17, 15) is 14.4 Å². The number of hydrogen-bond acceptors (Lipinski definition) is 4. The lowest BCUT2D eigenvalue weighted by molar-refractivity contribution is -0.155. The number of carbonyl (C=O) groups excluding carboxylic acids is 3. The molecule has 0 spiro atoms. The molecule has 2 N–H and O–H groups in total. The molecule has 1 aromatic carbocycles. The summed E-state index contributed by atoms with van der Waals surface area (Å²) in [7, 11) is 0. The second-order valence-corrected chi connectivity index (χ2v) is 5.70. The van der Waals surface area contributed by atoms with E-state index < -0.39 is 6.10 Å². The zero-order valence-corrected chi connectivity index (χ0v) is 14.0. The van der Waals surface area contributed by atoms with Crippen molar-refractivity contribution in [3.8, 4) is 0 Å². The molecule has 7 nitrogen and oxygen atoms in total. The Balaban J connectivity index is 1.88. The molecule has 1 unspecified atom stereocenters. The number of nitrogens with one attached hydrogen (secondary N) is 2. The summed E-state index contributed by atoms with van der Waals surface area (Å²) in [6.45, 7) is 5.16. The number of hydrogen-bond donors (Lipinski definition) is 2. The highest BCUT2D eigenvalue weighted by Gasteiger charge is 2.30. The number of benzene rings is 1. The van der Waals surface area contributed by atoms with E-state index in [-0.39, 0.29) is 24.1 Å². The lowest BCUT2D eigenvalue weighted by Gasteiger charge is -2.32. The number of ether oxygens (including phenoxy) is 1. The van der Waals surface area contributed by atoms with E-state index >= 15 is 0 Å². The Hall–Kier alpha value is -2.41. The highest BCUT2D eigenvalue weighted by atomic mass is 16.5. The first-order valence-electron chi connectivity index (χ1n) is 8.07. The van der Waals surface area contributed by atoms with Crippen LogP contribution in [0.4, 0.5) is 11.4 Å². The monoisotopic (exact) mass is 333 g/mol. The molecule has 7 heteroatoms. The van der Waals surface area contributed by atoms with Crippen molar-refractivity contribution in [2.45, 2.75) is 32.8 Å². The Morgan fingerprint density at radius 2 is 1.83 bits per heavy atom. The van der Waals surface area contributed by atoms with Crippen molar-refractivity contribution in [2.75, 3.05) is 30.3 Å². The molecule has 1 aliphatic heterocycles. The molecule has 1 aromatic rings. The largest absolute Gasteiger partial charge is 0.366 e. The molecule has 0 aliphatic carbocycles. The number of rotatable bonds is 6. The van der Waals surface area contributed by atoms with Crippen molar-refractivity contribution < 1.29 is 19.1 Å². The first-order valence-corrected chi connectivity index (χ1v) is 8.07.